The summed E-state index contributed by atoms with van der Waals surface area (Å²) in [6.07, 6.45) is -2.46. The maximum Gasteiger partial charge on any atom is 0.264 e. The Morgan fingerprint density at radius 3 is 2.60 bits per heavy atom. The van der Waals surface area contributed by atoms with E-state index in [1.165, 1.54) is 29.2 Å². The summed E-state index contributed by atoms with van der Waals surface area (Å²) in [4.78, 5) is 50.4. The molecule has 0 spiro atoms. The van der Waals surface area contributed by atoms with Gasteiger partial charge in [0.05, 0.1) is 0 Å². The van der Waals surface area contributed by atoms with Gasteiger partial charge >= 0.3 is 0 Å². The highest BCUT2D eigenvalue weighted by Gasteiger charge is 2.40. The zero-order chi connectivity index (χ0) is 21.4. The number of benzene rings is 2. The molecule has 2 aromatic carbocycles. The molecule has 0 aromatic heterocycles. The van der Waals surface area contributed by atoms with E-state index >= 15 is 0 Å². The van der Waals surface area contributed by atoms with E-state index in [1.54, 1.807) is 18.2 Å². The first-order chi connectivity index (χ1) is 14.4. The molecule has 2 N–H and O–H groups in total. The number of hydrogen-bond acceptors (Lipinski definition) is 4. The van der Waals surface area contributed by atoms with Crippen molar-refractivity contribution in [3.8, 4) is 0 Å². The smallest absolute Gasteiger partial charge is 0.264 e. The van der Waals surface area contributed by atoms with Gasteiger partial charge in [0.25, 0.3) is 18.2 Å². The molecule has 2 aromatic rings. The van der Waals surface area contributed by atoms with E-state index in [0.29, 0.717) is 16.8 Å². The summed E-state index contributed by atoms with van der Waals surface area (Å²) in [5.41, 5.74) is 0.583. The highest BCUT2D eigenvalue weighted by molar-refractivity contribution is 6.09. The topological polar surface area (TPSA) is 95.6 Å². The van der Waals surface area contributed by atoms with E-state index < -0.39 is 24.3 Å². The SMILES string of the molecule is O=C1CCC(N2Cc3c(NC(=O)c4ccccc4C(F)F)cccc3C2=O)C(=O)N1. The summed E-state index contributed by atoms with van der Waals surface area (Å²) < 4.78 is 26.5. The zero-order valence-electron chi connectivity index (χ0n) is 15.7. The fraction of sp³-hybridized carbons (Fsp3) is 0.238. The maximum absolute atomic E-state index is 13.2. The molecule has 2 aliphatic rings. The van der Waals surface area contributed by atoms with Crippen LogP contribution in [0.3, 0.4) is 0 Å². The van der Waals surface area contributed by atoms with Crippen LogP contribution in [0.2, 0.25) is 0 Å². The Kier molecular flexibility index (Phi) is 5.03. The average molecular weight is 413 g/mol. The normalized spacial score (nSPS) is 18.4. The van der Waals surface area contributed by atoms with Crippen LogP contribution in [0.5, 0.6) is 0 Å². The third kappa shape index (κ3) is 3.42. The van der Waals surface area contributed by atoms with Crippen LogP contribution in [0.1, 0.15) is 51.1 Å². The molecule has 2 heterocycles. The van der Waals surface area contributed by atoms with Crippen LogP contribution in [0.4, 0.5) is 14.5 Å². The number of rotatable bonds is 4. The molecule has 30 heavy (non-hydrogen) atoms. The van der Waals surface area contributed by atoms with Crippen LogP contribution < -0.4 is 10.6 Å². The molecule has 0 aliphatic carbocycles. The Morgan fingerprint density at radius 1 is 1.10 bits per heavy atom. The number of fused-ring (bicyclic) bond motifs is 1. The zero-order valence-corrected chi connectivity index (χ0v) is 15.7. The molecule has 7 nitrogen and oxygen atoms in total. The van der Waals surface area contributed by atoms with Crippen LogP contribution in [0.25, 0.3) is 0 Å². The summed E-state index contributed by atoms with van der Waals surface area (Å²) in [5, 5.41) is 4.84. The number of nitrogens with zero attached hydrogens (tertiary/aromatic N) is 1. The lowest BCUT2D eigenvalue weighted by molar-refractivity contribution is -0.136. The molecule has 4 amide bonds. The van der Waals surface area contributed by atoms with Gasteiger partial charge in [0.15, 0.2) is 0 Å². The van der Waals surface area contributed by atoms with Gasteiger partial charge in [-0.15, -0.1) is 0 Å². The molecule has 154 valence electrons. The molecule has 4 rings (SSSR count). The largest absolute Gasteiger partial charge is 0.322 e. The van der Waals surface area contributed by atoms with E-state index in [2.05, 4.69) is 10.6 Å². The molecule has 1 fully saturated rings. The van der Waals surface area contributed by atoms with Crippen molar-refractivity contribution >= 4 is 29.3 Å². The number of nitrogens with one attached hydrogen (secondary N) is 2. The van der Waals surface area contributed by atoms with Gasteiger partial charge < -0.3 is 10.2 Å². The van der Waals surface area contributed by atoms with Gasteiger partial charge in [0, 0.05) is 40.9 Å². The predicted molar refractivity (Wildman–Crippen MR) is 102 cm³/mol. The van der Waals surface area contributed by atoms with Crippen LogP contribution in [0, 0.1) is 0 Å². The van der Waals surface area contributed by atoms with Crippen molar-refractivity contribution < 1.29 is 28.0 Å². The Labute approximate surface area is 170 Å². The van der Waals surface area contributed by atoms with Gasteiger partial charge in [0.1, 0.15) is 6.04 Å². The van der Waals surface area contributed by atoms with Crippen molar-refractivity contribution in [3.05, 3.63) is 64.7 Å². The Hall–Kier alpha value is -3.62. The molecule has 1 saturated heterocycles. The molecular weight excluding hydrogens is 396 g/mol. The first-order valence-electron chi connectivity index (χ1n) is 9.32. The second-order valence-corrected chi connectivity index (χ2v) is 7.07. The average Bonchev–Trinajstić information content (AvgIpc) is 3.05. The first kappa shape index (κ1) is 19.7. The van der Waals surface area contributed by atoms with Crippen molar-refractivity contribution in [2.24, 2.45) is 0 Å². The Morgan fingerprint density at radius 2 is 1.87 bits per heavy atom. The van der Waals surface area contributed by atoms with Gasteiger partial charge in [-0.3, -0.25) is 24.5 Å². The van der Waals surface area contributed by atoms with Crippen LogP contribution in [0.15, 0.2) is 42.5 Å². The highest BCUT2D eigenvalue weighted by Crippen LogP contribution is 2.33. The van der Waals surface area contributed by atoms with Crippen LogP contribution >= 0.6 is 0 Å². The number of piperidine rings is 1. The molecule has 2 aliphatic heterocycles. The lowest BCUT2D eigenvalue weighted by atomic mass is 10.0. The van der Waals surface area contributed by atoms with Gasteiger partial charge in [0.2, 0.25) is 11.8 Å². The molecule has 0 bridgehead atoms. The van der Waals surface area contributed by atoms with Crippen molar-refractivity contribution in [1.29, 1.82) is 0 Å². The van der Waals surface area contributed by atoms with Crippen LogP contribution in [-0.4, -0.2) is 34.6 Å². The van der Waals surface area contributed by atoms with Gasteiger partial charge in [-0.2, -0.15) is 0 Å². The minimum atomic E-state index is -2.81. The summed E-state index contributed by atoms with van der Waals surface area (Å²) in [6.45, 7) is 0.0629. The number of imide groups is 1. The summed E-state index contributed by atoms with van der Waals surface area (Å²) in [5.74, 6) is -2.02. The summed E-state index contributed by atoms with van der Waals surface area (Å²) in [7, 11) is 0. The highest BCUT2D eigenvalue weighted by atomic mass is 19.3. The lowest BCUT2D eigenvalue weighted by Gasteiger charge is -2.29. The van der Waals surface area contributed by atoms with Crippen molar-refractivity contribution in [1.82, 2.24) is 10.2 Å². The van der Waals surface area contributed by atoms with Crippen molar-refractivity contribution in [2.45, 2.75) is 31.9 Å². The third-order valence-electron chi connectivity index (χ3n) is 5.27. The lowest BCUT2D eigenvalue weighted by Crippen LogP contribution is -2.52. The monoisotopic (exact) mass is 413 g/mol. The molecule has 0 radical (unpaired) electrons. The number of amides is 4. The van der Waals surface area contributed by atoms with E-state index in [9.17, 15) is 28.0 Å². The molecular formula is C21H17F2N3O4. The number of anilines is 1. The van der Waals surface area contributed by atoms with Crippen molar-refractivity contribution in [2.75, 3.05) is 5.32 Å². The molecule has 1 atom stereocenters. The molecule has 9 heteroatoms. The standard InChI is InChI=1S/C21H17F2N3O4/c22-18(23)11-4-1-2-5-12(11)19(28)24-15-7-3-6-13-14(15)10-26(21(13)30)16-8-9-17(27)25-20(16)29/h1-7,16,18H,8-10H2,(H,24,28)(H,25,27,29). The van der Waals surface area contributed by atoms with E-state index in [-0.39, 0.29) is 42.3 Å². The maximum atomic E-state index is 13.2. The first-order valence-corrected chi connectivity index (χ1v) is 9.32. The van der Waals surface area contributed by atoms with E-state index in [0.717, 1.165) is 0 Å². The van der Waals surface area contributed by atoms with E-state index in [1.807, 2.05) is 0 Å². The quantitative estimate of drug-likeness (QED) is 0.754. The number of carbonyl (C=O) groups is 4. The fourth-order valence-electron chi connectivity index (χ4n) is 3.79. The molecule has 1 unspecified atom stereocenters. The number of alkyl halides is 2. The molecule has 0 saturated carbocycles. The number of hydrogen-bond donors (Lipinski definition) is 2. The third-order valence-corrected chi connectivity index (χ3v) is 5.27. The summed E-state index contributed by atoms with van der Waals surface area (Å²) >= 11 is 0. The summed E-state index contributed by atoms with van der Waals surface area (Å²) in [6, 6.07) is 9.34. The second kappa shape index (κ2) is 7.66. The number of halogens is 2. The van der Waals surface area contributed by atoms with Gasteiger partial charge in [-0.1, -0.05) is 24.3 Å². The minimum Gasteiger partial charge on any atom is -0.322 e. The minimum absolute atomic E-state index is 0.0629. The van der Waals surface area contributed by atoms with Gasteiger partial charge in [-0.05, 0) is 24.6 Å². The second-order valence-electron chi connectivity index (χ2n) is 7.07. The Balaban J connectivity index is 1.60. The van der Waals surface area contributed by atoms with Crippen LogP contribution in [-0.2, 0) is 16.1 Å². The Bertz CT molecular complexity index is 1070. The van der Waals surface area contributed by atoms with E-state index in [4.69, 9.17) is 0 Å². The fourth-order valence-corrected chi connectivity index (χ4v) is 3.79. The van der Waals surface area contributed by atoms with Crippen molar-refractivity contribution in [3.63, 3.8) is 0 Å². The number of carbonyl (C=O) groups excluding carboxylic acids is 4. The van der Waals surface area contributed by atoms with Gasteiger partial charge in [-0.25, -0.2) is 8.78 Å². The predicted octanol–water partition coefficient (Wildman–Crippen LogP) is 2.64.